The van der Waals surface area contributed by atoms with Crippen LogP contribution < -0.4 is 20.9 Å². The quantitative estimate of drug-likeness (QED) is 0.169. The highest BCUT2D eigenvalue weighted by Gasteiger charge is 2.40. The first-order valence-electron chi connectivity index (χ1n) is 13.2. The van der Waals surface area contributed by atoms with Crippen molar-refractivity contribution in [1.29, 1.82) is 0 Å². The summed E-state index contributed by atoms with van der Waals surface area (Å²) >= 11 is 2.74. The van der Waals surface area contributed by atoms with Crippen LogP contribution in [0.4, 0.5) is 17.1 Å². The summed E-state index contributed by atoms with van der Waals surface area (Å²) in [4.78, 5) is 64.9. The zero-order chi connectivity index (χ0) is 30.3. The third-order valence-corrected chi connectivity index (χ3v) is 8.22. The van der Waals surface area contributed by atoms with E-state index in [1.165, 1.54) is 30.0 Å². The van der Waals surface area contributed by atoms with E-state index in [0.29, 0.717) is 22.6 Å². The first-order chi connectivity index (χ1) is 20.8. The second-order valence-electron chi connectivity index (χ2n) is 9.52. The lowest BCUT2D eigenvalue weighted by atomic mass is 10.2. The number of hydrogen-bond donors (Lipinski definition) is 3. The van der Waals surface area contributed by atoms with Crippen LogP contribution in [0.3, 0.4) is 0 Å². The number of anilines is 3. The van der Waals surface area contributed by atoms with Gasteiger partial charge in [0.2, 0.25) is 17.7 Å². The molecule has 1 unspecified atom stereocenters. The van der Waals surface area contributed by atoms with Gasteiger partial charge in [-0.15, -0.1) is 11.8 Å². The highest BCUT2D eigenvalue weighted by molar-refractivity contribution is 8.00. The predicted molar refractivity (Wildman–Crippen MR) is 169 cm³/mol. The Morgan fingerprint density at radius 1 is 0.884 bits per heavy atom. The maximum absolute atomic E-state index is 13.2. The number of benzene rings is 3. The molecule has 5 amide bonds. The van der Waals surface area contributed by atoms with Crippen LogP contribution in [0.5, 0.6) is 0 Å². The van der Waals surface area contributed by atoms with E-state index in [1.807, 2.05) is 16.8 Å². The van der Waals surface area contributed by atoms with Crippen molar-refractivity contribution < 1.29 is 24.0 Å². The molecule has 9 nitrogen and oxygen atoms in total. The third-order valence-electron chi connectivity index (χ3n) is 6.32. The summed E-state index contributed by atoms with van der Waals surface area (Å²) < 4.78 is 0. The van der Waals surface area contributed by atoms with E-state index in [0.717, 1.165) is 15.4 Å². The Balaban J connectivity index is 1.23. The van der Waals surface area contributed by atoms with Gasteiger partial charge in [0.25, 0.3) is 11.8 Å². The van der Waals surface area contributed by atoms with E-state index in [-0.39, 0.29) is 29.8 Å². The van der Waals surface area contributed by atoms with Gasteiger partial charge in [-0.1, -0.05) is 18.2 Å². The second kappa shape index (κ2) is 13.3. The van der Waals surface area contributed by atoms with Gasteiger partial charge in [0, 0.05) is 35.2 Å². The molecule has 43 heavy (non-hydrogen) atoms. The Morgan fingerprint density at radius 2 is 1.56 bits per heavy atom. The Labute approximate surface area is 256 Å². The number of amides is 5. The Bertz CT molecular complexity index is 1690. The number of imide groups is 1. The fourth-order valence-electron chi connectivity index (χ4n) is 4.31. The first kappa shape index (κ1) is 29.5. The van der Waals surface area contributed by atoms with Crippen molar-refractivity contribution in [3.63, 3.8) is 0 Å². The lowest BCUT2D eigenvalue weighted by molar-refractivity contribution is -0.121. The molecule has 1 aromatic heterocycles. The molecule has 1 fully saturated rings. The highest BCUT2D eigenvalue weighted by atomic mass is 32.2. The molecule has 0 saturated carbocycles. The van der Waals surface area contributed by atoms with Crippen LogP contribution in [0.2, 0.25) is 0 Å². The summed E-state index contributed by atoms with van der Waals surface area (Å²) in [5.74, 6) is -1.74. The molecule has 1 saturated heterocycles. The van der Waals surface area contributed by atoms with Crippen molar-refractivity contribution in [2.45, 2.75) is 23.5 Å². The minimum atomic E-state index is -0.601. The van der Waals surface area contributed by atoms with Gasteiger partial charge >= 0.3 is 0 Å². The average molecular weight is 611 g/mol. The number of nitrogens with one attached hydrogen (secondary N) is 3. The summed E-state index contributed by atoms with van der Waals surface area (Å²) in [6.45, 7) is 1.40. The molecule has 1 atom stereocenters. The largest absolute Gasteiger partial charge is 0.326 e. The molecule has 11 heteroatoms. The van der Waals surface area contributed by atoms with Crippen LogP contribution in [0, 0.1) is 0 Å². The number of hydrogen-bond acceptors (Lipinski definition) is 7. The zero-order valence-electron chi connectivity index (χ0n) is 22.9. The van der Waals surface area contributed by atoms with E-state index < -0.39 is 17.1 Å². The molecular weight excluding hydrogens is 585 g/mol. The maximum atomic E-state index is 13.2. The molecule has 3 aromatic carbocycles. The minimum Gasteiger partial charge on any atom is -0.326 e. The summed E-state index contributed by atoms with van der Waals surface area (Å²) in [6, 6.07) is 23.9. The van der Waals surface area contributed by atoms with Crippen molar-refractivity contribution in [3.8, 4) is 0 Å². The number of thiophene rings is 1. The Hall–Kier alpha value is -5.00. The van der Waals surface area contributed by atoms with Crippen molar-refractivity contribution >= 4 is 75.8 Å². The molecule has 1 aliphatic heterocycles. The third kappa shape index (κ3) is 7.45. The Morgan fingerprint density at radius 3 is 2.21 bits per heavy atom. The van der Waals surface area contributed by atoms with Crippen LogP contribution in [0.25, 0.3) is 6.08 Å². The van der Waals surface area contributed by atoms with Gasteiger partial charge in [0.1, 0.15) is 5.70 Å². The first-order valence-corrected chi connectivity index (χ1v) is 15.0. The molecule has 0 radical (unpaired) electrons. The van der Waals surface area contributed by atoms with E-state index in [9.17, 15) is 24.0 Å². The molecule has 1 aliphatic rings. The molecule has 0 bridgehead atoms. The average Bonchev–Trinajstić information content (AvgIpc) is 3.61. The normalized spacial score (nSPS) is 14.9. The van der Waals surface area contributed by atoms with Crippen molar-refractivity contribution in [1.82, 2.24) is 5.32 Å². The molecular formula is C32H26N4O5S2. The van der Waals surface area contributed by atoms with Gasteiger partial charge < -0.3 is 16.0 Å². The van der Waals surface area contributed by atoms with Crippen LogP contribution in [0.1, 0.15) is 29.3 Å². The van der Waals surface area contributed by atoms with E-state index in [2.05, 4.69) is 16.0 Å². The number of carbonyl (C=O) groups excluding carboxylic acids is 5. The van der Waals surface area contributed by atoms with Crippen molar-refractivity contribution in [2.75, 3.05) is 15.5 Å². The molecule has 216 valence electrons. The van der Waals surface area contributed by atoms with Crippen LogP contribution >= 0.6 is 23.1 Å². The Kier molecular flexibility index (Phi) is 9.14. The topological polar surface area (TPSA) is 125 Å². The van der Waals surface area contributed by atoms with E-state index in [4.69, 9.17) is 0 Å². The fourth-order valence-corrected chi connectivity index (χ4v) is 5.98. The maximum Gasteiger partial charge on any atom is 0.272 e. The standard InChI is InChI=1S/C32H26N4O5S2/c1-20(37)33-23-7-11-25(12-8-23)36-29(38)18-28(32(36)41)43-26-13-9-24(10-14-26)34-31(40)27(17-21-15-16-42-19-21)35-30(39)22-5-3-2-4-6-22/h2-17,19,28H,18H2,1H3,(H,33,37)(H,34,40)(H,35,39)/b27-17-. The lowest BCUT2D eigenvalue weighted by Gasteiger charge is -2.15. The number of rotatable bonds is 9. The second-order valence-corrected chi connectivity index (χ2v) is 11.6. The van der Waals surface area contributed by atoms with Crippen LogP contribution in [-0.4, -0.2) is 34.8 Å². The summed E-state index contributed by atoms with van der Waals surface area (Å²) in [6.07, 6.45) is 1.66. The molecule has 5 rings (SSSR count). The summed E-state index contributed by atoms with van der Waals surface area (Å²) in [5.41, 5.74) is 2.80. The molecule has 0 aliphatic carbocycles. The van der Waals surface area contributed by atoms with Gasteiger partial charge in [-0.05, 0) is 89.1 Å². The number of nitrogens with zero attached hydrogens (tertiary/aromatic N) is 1. The van der Waals surface area contributed by atoms with E-state index in [1.54, 1.807) is 84.9 Å². The predicted octanol–water partition coefficient (Wildman–Crippen LogP) is 5.54. The monoisotopic (exact) mass is 610 g/mol. The van der Waals surface area contributed by atoms with Gasteiger partial charge in [0.05, 0.1) is 10.9 Å². The minimum absolute atomic E-state index is 0.0489. The zero-order valence-corrected chi connectivity index (χ0v) is 24.5. The number of thioether (sulfide) groups is 1. The fraction of sp³-hybridized carbons (Fsp3) is 0.0938. The van der Waals surface area contributed by atoms with E-state index >= 15 is 0 Å². The van der Waals surface area contributed by atoms with Gasteiger partial charge in [0.15, 0.2) is 0 Å². The SMILES string of the molecule is CC(=O)Nc1ccc(N2C(=O)CC(Sc3ccc(NC(=O)/C(=C/c4ccsc4)NC(=O)c4ccccc4)cc3)C2=O)cc1. The van der Waals surface area contributed by atoms with Gasteiger partial charge in [-0.25, -0.2) is 4.90 Å². The molecule has 3 N–H and O–H groups in total. The van der Waals surface area contributed by atoms with Gasteiger partial charge in [-0.3, -0.25) is 24.0 Å². The molecule has 0 spiro atoms. The number of carbonyl (C=O) groups is 5. The summed E-state index contributed by atoms with van der Waals surface area (Å²) in [7, 11) is 0. The molecule has 4 aromatic rings. The van der Waals surface area contributed by atoms with Crippen LogP contribution in [0.15, 0.2) is 106 Å². The van der Waals surface area contributed by atoms with Crippen molar-refractivity contribution in [2.24, 2.45) is 0 Å². The van der Waals surface area contributed by atoms with Crippen LogP contribution in [-0.2, 0) is 19.2 Å². The van der Waals surface area contributed by atoms with Gasteiger partial charge in [-0.2, -0.15) is 11.3 Å². The highest BCUT2D eigenvalue weighted by Crippen LogP contribution is 2.34. The van der Waals surface area contributed by atoms with Crippen molar-refractivity contribution in [3.05, 3.63) is 113 Å². The summed E-state index contributed by atoms with van der Waals surface area (Å²) in [5, 5.41) is 11.3. The smallest absolute Gasteiger partial charge is 0.272 e. The molecule has 2 heterocycles. The lowest BCUT2D eigenvalue weighted by Crippen LogP contribution is -2.31.